The molecule has 28 heavy (non-hydrogen) atoms. The third kappa shape index (κ3) is 3.64. The molecule has 0 amide bonds. The van der Waals surface area contributed by atoms with Gasteiger partial charge in [-0.05, 0) is 17.7 Å². The lowest BCUT2D eigenvalue weighted by Crippen LogP contribution is -2.33. The monoisotopic (exact) mass is 440 g/mol. The maximum Gasteiger partial charge on any atom is 0.171 e. The first-order chi connectivity index (χ1) is 13.5. The predicted molar refractivity (Wildman–Crippen MR) is 109 cm³/mol. The molecule has 1 aliphatic heterocycles. The lowest BCUT2D eigenvalue weighted by molar-refractivity contribution is -0.0546. The number of fused-ring (bicyclic) bond motifs is 1. The van der Waals surface area contributed by atoms with Crippen molar-refractivity contribution in [1.82, 2.24) is 9.55 Å². The van der Waals surface area contributed by atoms with Crippen molar-refractivity contribution < 1.29 is 20.1 Å². The van der Waals surface area contributed by atoms with E-state index < -0.39 is 31.1 Å². The molecule has 1 fully saturated rings. The molecule has 4 atom stereocenters. The molecule has 0 saturated carbocycles. The van der Waals surface area contributed by atoms with Crippen LogP contribution in [0.5, 0.6) is 0 Å². The first-order valence-electron chi connectivity index (χ1n) is 8.65. The van der Waals surface area contributed by atoms with E-state index in [1.54, 1.807) is 16.7 Å². The SMILES string of the molecule is OC[C@H]1O[C@@H](n2c(SCc3ccccc3)nc3cc(Cl)c(Cl)cc32)[C@@H](O)[C@H]1O. The minimum Gasteiger partial charge on any atom is -0.394 e. The number of imidazole rings is 1. The van der Waals surface area contributed by atoms with Crippen LogP contribution < -0.4 is 0 Å². The number of aliphatic hydroxyl groups is 3. The number of hydrogen-bond acceptors (Lipinski definition) is 6. The van der Waals surface area contributed by atoms with Crippen LogP contribution in [0.15, 0.2) is 47.6 Å². The van der Waals surface area contributed by atoms with E-state index in [2.05, 4.69) is 4.98 Å². The van der Waals surface area contributed by atoms with Crippen LogP contribution in [0.4, 0.5) is 0 Å². The Labute approximate surface area is 175 Å². The number of hydrogen-bond donors (Lipinski definition) is 3. The van der Waals surface area contributed by atoms with Crippen LogP contribution in [0.3, 0.4) is 0 Å². The van der Waals surface area contributed by atoms with E-state index in [4.69, 9.17) is 27.9 Å². The quantitative estimate of drug-likeness (QED) is 0.527. The van der Waals surface area contributed by atoms with E-state index in [0.717, 1.165) is 5.56 Å². The lowest BCUT2D eigenvalue weighted by Gasteiger charge is -2.20. The fourth-order valence-electron chi connectivity index (χ4n) is 3.23. The number of aliphatic hydroxyl groups excluding tert-OH is 3. The van der Waals surface area contributed by atoms with Gasteiger partial charge in [-0.3, -0.25) is 4.57 Å². The molecule has 0 aliphatic carbocycles. The largest absolute Gasteiger partial charge is 0.394 e. The normalized spacial score (nSPS) is 24.9. The Hall–Kier alpha value is -1.32. The van der Waals surface area contributed by atoms with Crippen molar-refractivity contribution in [3.05, 3.63) is 58.1 Å². The first-order valence-corrected chi connectivity index (χ1v) is 10.4. The zero-order chi connectivity index (χ0) is 19.8. The second-order valence-electron chi connectivity index (χ2n) is 6.52. The van der Waals surface area contributed by atoms with Gasteiger partial charge in [0.2, 0.25) is 0 Å². The minimum absolute atomic E-state index is 0.349. The van der Waals surface area contributed by atoms with Crippen LogP contribution in [0.2, 0.25) is 10.0 Å². The Morgan fingerprint density at radius 3 is 2.46 bits per heavy atom. The van der Waals surface area contributed by atoms with Crippen LogP contribution in [0, 0.1) is 0 Å². The molecule has 1 aromatic heterocycles. The number of benzene rings is 2. The number of halogens is 2. The summed E-state index contributed by atoms with van der Waals surface area (Å²) in [5.41, 5.74) is 2.34. The van der Waals surface area contributed by atoms with Gasteiger partial charge < -0.3 is 20.1 Å². The highest BCUT2D eigenvalue weighted by Gasteiger charge is 2.44. The molecule has 2 aromatic carbocycles. The van der Waals surface area contributed by atoms with Crippen LogP contribution in [-0.4, -0.2) is 49.8 Å². The predicted octanol–water partition coefficient (Wildman–Crippen LogP) is 3.25. The first kappa shape index (κ1) is 20.0. The molecular formula is C19H18Cl2N2O4S. The van der Waals surface area contributed by atoms with Gasteiger partial charge in [0.15, 0.2) is 11.4 Å². The third-order valence-electron chi connectivity index (χ3n) is 4.68. The Kier molecular flexibility index (Phi) is 5.85. The summed E-state index contributed by atoms with van der Waals surface area (Å²) in [5, 5.41) is 31.4. The Morgan fingerprint density at radius 2 is 1.79 bits per heavy atom. The fourth-order valence-corrected chi connectivity index (χ4v) is 4.54. The molecule has 3 N–H and O–H groups in total. The minimum atomic E-state index is -1.22. The van der Waals surface area contributed by atoms with E-state index in [1.165, 1.54) is 11.8 Å². The molecule has 3 aromatic rings. The van der Waals surface area contributed by atoms with Gasteiger partial charge in [0.05, 0.1) is 27.7 Å². The highest BCUT2D eigenvalue weighted by Crippen LogP contribution is 2.39. The van der Waals surface area contributed by atoms with Crippen molar-refractivity contribution in [3.63, 3.8) is 0 Å². The van der Waals surface area contributed by atoms with E-state index in [9.17, 15) is 15.3 Å². The van der Waals surface area contributed by atoms with Gasteiger partial charge in [-0.15, -0.1) is 0 Å². The van der Waals surface area contributed by atoms with Gasteiger partial charge in [0, 0.05) is 5.75 Å². The van der Waals surface area contributed by atoms with Gasteiger partial charge in [-0.1, -0.05) is 65.3 Å². The maximum absolute atomic E-state index is 10.5. The molecular weight excluding hydrogens is 423 g/mol. The second kappa shape index (κ2) is 8.20. The molecule has 0 spiro atoms. The number of nitrogens with zero attached hydrogens (tertiary/aromatic N) is 2. The summed E-state index contributed by atoms with van der Waals surface area (Å²) in [6, 6.07) is 13.2. The Morgan fingerprint density at radius 1 is 1.07 bits per heavy atom. The Balaban J connectivity index is 1.76. The van der Waals surface area contributed by atoms with Crippen molar-refractivity contribution in [2.75, 3.05) is 6.61 Å². The molecule has 9 heteroatoms. The zero-order valence-electron chi connectivity index (χ0n) is 14.6. The summed E-state index contributed by atoms with van der Waals surface area (Å²) in [4.78, 5) is 4.63. The number of ether oxygens (including phenoxy) is 1. The van der Waals surface area contributed by atoms with Crippen molar-refractivity contribution in [2.45, 2.75) is 35.4 Å². The van der Waals surface area contributed by atoms with Gasteiger partial charge >= 0.3 is 0 Å². The average molecular weight is 441 g/mol. The number of rotatable bonds is 5. The van der Waals surface area contributed by atoms with Crippen LogP contribution in [-0.2, 0) is 10.5 Å². The molecule has 0 unspecified atom stereocenters. The van der Waals surface area contributed by atoms with E-state index in [1.807, 2.05) is 30.3 Å². The molecule has 1 aliphatic rings. The smallest absolute Gasteiger partial charge is 0.171 e. The summed E-state index contributed by atoms with van der Waals surface area (Å²) < 4.78 is 7.44. The van der Waals surface area contributed by atoms with Crippen LogP contribution in [0.1, 0.15) is 11.8 Å². The van der Waals surface area contributed by atoms with Crippen LogP contribution >= 0.6 is 35.0 Å². The zero-order valence-corrected chi connectivity index (χ0v) is 16.9. The second-order valence-corrected chi connectivity index (χ2v) is 8.28. The molecule has 6 nitrogen and oxygen atoms in total. The summed E-state index contributed by atoms with van der Waals surface area (Å²) in [6.07, 6.45) is -4.22. The van der Waals surface area contributed by atoms with Crippen molar-refractivity contribution in [3.8, 4) is 0 Å². The number of thioether (sulfide) groups is 1. The average Bonchev–Trinajstić information content (AvgIpc) is 3.18. The van der Waals surface area contributed by atoms with Gasteiger partial charge in [0.25, 0.3) is 0 Å². The van der Waals surface area contributed by atoms with Crippen molar-refractivity contribution in [1.29, 1.82) is 0 Å². The van der Waals surface area contributed by atoms with E-state index in [-0.39, 0.29) is 0 Å². The molecule has 0 radical (unpaired) electrons. The third-order valence-corrected chi connectivity index (χ3v) is 6.43. The molecule has 0 bridgehead atoms. The van der Waals surface area contributed by atoms with Crippen molar-refractivity contribution >= 4 is 46.0 Å². The van der Waals surface area contributed by atoms with Gasteiger partial charge in [0.1, 0.15) is 18.3 Å². The summed E-state index contributed by atoms with van der Waals surface area (Å²) >= 11 is 13.8. The summed E-state index contributed by atoms with van der Waals surface area (Å²) in [7, 11) is 0. The van der Waals surface area contributed by atoms with E-state index in [0.29, 0.717) is 32.0 Å². The summed E-state index contributed by atoms with van der Waals surface area (Å²) in [6.45, 7) is -0.402. The fraction of sp³-hybridized carbons (Fsp3) is 0.316. The number of aromatic nitrogens is 2. The molecule has 148 valence electrons. The highest BCUT2D eigenvalue weighted by molar-refractivity contribution is 7.98. The Bertz CT molecular complexity index is 985. The standard InChI is InChI=1S/C19H18Cl2N2O4S/c20-11-6-13-14(7-12(11)21)23(18-17(26)16(25)15(8-24)27-18)19(22-13)28-9-10-4-2-1-3-5-10/h1-7,15-18,24-26H,8-9H2/t15-,16+,17+,18-/m1/s1. The molecule has 4 rings (SSSR count). The topological polar surface area (TPSA) is 87.7 Å². The molecule has 2 heterocycles. The summed E-state index contributed by atoms with van der Waals surface area (Å²) in [5.74, 6) is 0.653. The van der Waals surface area contributed by atoms with Gasteiger partial charge in [-0.25, -0.2) is 4.98 Å². The van der Waals surface area contributed by atoms with Gasteiger partial charge in [-0.2, -0.15) is 0 Å². The van der Waals surface area contributed by atoms with Crippen molar-refractivity contribution in [2.24, 2.45) is 0 Å². The molecule has 1 saturated heterocycles. The highest BCUT2D eigenvalue weighted by atomic mass is 35.5. The lowest BCUT2D eigenvalue weighted by atomic mass is 10.1. The van der Waals surface area contributed by atoms with Crippen LogP contribution in [0.25, 0.3) is 11.0 Å². The maximum atomic E-state index is 10.5. The van der Waals surface area contributed by atoms with E-state index >= 15 is 0 Å².